The number of anilines is 1. The summed E-state index contributed by atoms with van der Waals surface area (Å²) in [5.74, 6) is 6.29. The number of nitrogens with zero attached hydrogens (tertiary/aromatic N) is 3. The van der Waals surface area contributed by atoms with E-state index in [9.17, 15) is 0 Å². The maximum atomic E-state index is 5.92. The first kappa shape index (κ1) is 10.2. The summed E-state index contributed by atoms with van der Waals surface area (Å²) in [5.41, 5.74) is 0.914. The molecule has 0 saturated carbocycles. The molecule has 1 aromatic heterocycles. The maximum absolute atomic E-state index is 5.92. The molecule has 0 aliphatic rings. The summed E-state index contributed by atoms with van der Waals surface area (Å²) in [5, 5.41) is 1.95. The molecule has 0 atom stereocenters. The van der Waals surface area contributed by atoms with Gasteiger partial charge in [-0.2, -0.15) is 0 Å². The molecule has 1 aromatic rings. The molecule has 1 rings (SSSR count). The molecule has 2 N–H and O–H groups in total. The van der Waals surface area contributed by atoms with Crippen LogP contribution in [-0.4, -0.2) is 17.0 Å². The molecule has 0 radical (unpaired) electrons. The average Bonchev–Trinajstić information content (AvgIpc) is 2.08. The third-order valence-corrected chi connectivity index (χ3v) is 2.03. The second-order valence-corrected chi connectivity index (χ2v) is 3.19. The van der Waals surface area contributed by atoms with E-state index >= 15 is 0 Å². The predicted octanol–water partition coefficient (Wildman–Crippen LogP) is 1.39. The molecule has 0 aliphatic heterocycles. The van der Waals surface area contributed by atoms with Crippen molar-refractivity contribution in [3.8, 4) is 0 Å². The number of nitrogens with two attached hydrogens (primary N) is 1. The van der Waals surface area contributed by atoms with Crippen LogP contribution in [0, 0.1) is 0 Å². The first-order valence-electron chi connectivity index (χ1n) is 4.14. The highest BCUT2D eigenvalue weighted by Crippen LogP contribution is 2.22. The smallest absolute Gasteiger partial charge is 0.150 e. The van der Waals surface area contributed by atoms with Gasteiger partial charge >= 0.3 is 0 Å². The van der Waals surface area contributed by atoms with Gasteiger partial charge in [0.05, 0.1) is 0 Å². The number of hydrogen-bond donors (Lipinski definition) is 1. The fourth-order valence-electron chi connectivity index (χ4n) is 1.15. The molecular weight excluding hydrogens is 188 g/mol. The molecule has 4 nitrogen and oxygen atoms in total. The molecule has 0 fully saturated rings. The fraction of sp³-hybridized carbons (Fsp3) is 0.500. The number of hydrazine groups is 1. The summed E-state index contributed by atoms with van der Waals surface area (Å²) in [6.45, 7) is 2.07. The van der Waals surface area contributed by atoms with E-state index in [0.29, 0.717) is 11.0 Å². The summed E-state index contributed by atoms with van der Waals surface area (Å²) < 4.78 is 0. The first-order chi connectivity index (χ1) is 6.16. The van der Waals surface area contributed by atoms with Gasteiger partial charge in [-0.25, -0.2) is 15.8 Å². The van der Waals surface area contributed by atoms with Gasteiger partial charge in [-0.1, -0.05) is 24.9 Å². The van der Waals surface area contributed by atoms with Crippen LogP contribution in [0.5, 0.6) is 0 Å². The van der Waals surface area contributed by atoms with Crippen molar-refractivity contribution >= 4 is 17.4 Å². The van der Waals surface area contributed by atoms with Crippen molar-refractivity contribution in [2.24, 2.45) is 5.84 Å². The highest BCUT2D eigenvalue weighted by Gasteiger charge is 2.10. The molecule has 0 saturated heterocycles. The van der Waals surface area contributed by atoms with E-state index in [0.717, 1.165) is 18.4 Å². The summed E-state index contributed by atoms with van der Waals surface area (Å²) in [6.07, 6.45) is 3.25. The van der Waals surface area contributed by atoms with Gasteiger partial charge in [0.15, 0.2) is 0 Å². The summed E-state index contributed by atoms with van der Waals surface area (Å²) in [6, 6.07) is 0. The van der Waals surface area contributed by atoms with Crippen molar-refractivity contribution in [2.45, 2.75) is 19.8 Å². The van der Waals surface area contributed by atoms with Crippen LogP contribution in [0.25, 0.3) is 0 Å². The van der Waals surface area contributed by atoms with Crippen LogP contribution in [0.1, 0.15) is 18.9 Å². The Morgan fingerprint density at radius 3 is 2.77 bits per heavy atom. The van der Waals surface area contributed by atoms with Gasteiger partial charge in [0.1, 0.15) is 17.3 Å². The summed E-state index contributed by atoms with van der Waals surface area (Å²) >= 11 is 5.92. The second-order valence-electron chi connectivity index (χ2n) is 2.83. The van der Waals surface area contributed by atoms with E-state index in [1.54, 1.807) is 7.05 Å². The quantitative estimate of drug-likeness (QED) is 0.455. The second kappa shape index (κ2) is 4.39. The van der Waals surface area contributed by atoms with Crippen LogP contribution < -0.4 is 10.9 Å². The molecule has 5 heteroatoms. The molecule has 1 heterocycles. The molecule has 0 spiro atoms. The number of aromatic nitrogens is 2. The largest absolute Gasteiger partial charge is 0.298 e. The van der Waals surface area contributed by atoms with E-state index in [1.165, 1.54) is 11.3 Å². The first-order valence-corrected chi connectivity index (χ1v) is 4.52. The zero-order valence-corrected chi connectivity index (χ0v) is 8.54. The normalized spacial score (nSPS) is 10.2. The Hall–Kier alpha value is -0.870. The van der Waals surface area contributed by atoms with Crippen LogP contribution in [0.3, 0.4) is 0 Å². The molecule has 72 valence electrons. The summed E-state index contributed by atoms with van der Waals surface area (Å²) in [4.78, 5) is 7.98. The average molecular weight is 201 g/mol. The van der Waals surface area contributed by atoms with Gasteiger partial charge < -0.3 is 0 Å². The van der Waals surface area contributed by atoms with Crippen LogP contribution in [0.2, 0.25) is 5.15 Å². The monoisotopic (exact) mass is 200 g/mol. The Labute approximate surface area is 82.7 Å². The van der Waals surface area contributed by atoms with Gasteiger partial charge in [-0.15, -0.1) is 0 Å². The standard InChI is InChI=1S/C8H13ClN4/c1-3-4-6-7(9)11-5-12-8(6)13(2)10/h5H,3-4,10H2,1-2H3. The lowest BCUT2D eigenvalue weighted by Gasteiger charge is -2.15. The lowest BCUT2D eigenvalue weighted by Crippen LogP contribution is -2.27. The SMILES string of the molecule is CCCc1c(Cl)ncnc1N(C)N. The van der Waals surface area contributed by atoms with Crippen LogP contribution in [0.4, 0.5) is 5.82 Å². The highest BCUT2D eigenvalue weighted by atomic mass is 35.5. The van der Waals surface area contributed by atoms with Gasteiger partial charge in [0.25, 0.3) is 0 Å². The van der Waals surface area contributed by atoms with Gasteiger partial charge in [-0.3, -0.25) is 5.01 Å². The highest BCUT2D eigenvalue weighted by molar-refractivity contribution is 6.30. The molecule has 0 unspecified atom stereocenters. The van der Waals surface area contributed by atoms with Gasteiger partial charge in [0.2, 0.25) is 0 Å². The zero-order valence-electron chi connectivity index (χ0n) is 7.79. The van der Waals surface area contributed by atoms with E-state index < -0.39 is 0 Å². The molecular formula is C8H13ClN4. The van der Waals surface area contributed by atoms with Gasteiger partial charge in [-0.05, 0) is 6.42 Å². The Morgan fingerprint density at radius 2 is 2.23 bits per heavy atom. The van der Waals surface area contributed by atoms with E-state index in [4.69, 9.17) is 17.4 Å². The van der Waals surface area contributed by atoms with Crippen molar-refractivity contribution < 1.29 is 0 Å². The predicted molar refractivity (Wildman–Crippen MR) is 53.6 cm³/mol. The Kier molecular flexibility index (Phi) is 3.45. The third kappa shape index (κ3) is 2.29. The van der Waals surface area contributed by atoms with Crippen LogP contribution in [-0.2, 0) is 6.42 Å². The lowest BCUT2D eigenvalue weighted by atomic mass is 10.2. The zero-order chi connectivity index (χ0) is 9.84. The Balaban J connectivity index is 3.09. The Morgan fingerprint density at radius 1 is 1.54 bits per heavy atom. The molecule has 13 heavy (non-hydrogen) atoms. The third-order valence-electron chi connectivity index (χ3n) is 1.70. The molecule has 0 aliphatic carbocycles. The minimum atomic E-state index is 0.490. The van der Waals surface area contributed by atoms with Crippen molar-refractivity contribution in [3.05, 3.63) is 17.0 Å². The minimum absolute atomic E-state index is 0.490. The van der Waals surface area contributed by atoms with Crippen molar-refractivity contribution in [1.29, 1.82) is 0 Å². The molecule has 0 bridgehead atoms. The van der Waals surface area contributed by atoms with Crippen LogP contribution >= 0.6 is 11.6 Å². The van der Waals surface area contributed by atoms with Crippen molar-refractivity contribution in [1.82, 2.24) is 9.97 Å². The lowest BCUT2D eigenvalue weighted by molar-refractivity contribution is 0.868. The Bertz CT molecular complexity index is 287. The minimum Gasteiger partial charge on any atom is -0.298 e. The van der Waals surface area contributed by atoms with E-state index in [1.807, 2.05) is 0 Å². The fourth-order valence-corrected chi connectivity index (χ4v) is 1.37. The van der Waals surface area contributed by atoms with E-state index in [2.05, 4.69) is 16.9 Å². The number of hydrogen-bond acceptors (Lipinski definition) is 4. The molecule has 0 amide bonds. The van der Waals surface area contributed by atoms with Gasteiger partial charge in [0, 0.05) is 12.6 Å². The van der Waals surface area contributed by atoms with E-state index in [-0.39, 0.29) is 0 Å². The molecule has 0 aromatic carbocycles. The van der Waals surface area contributed by atoms with Crippen LogP contribution in [0.15, 0.2) is 6.33 Å². The van der Waals surface area contributed by atoms with Crippen molar-refractivity contribution in [3.63, 3.8) is 0 Å². The van der Waals surface area contributed by atoms with Crippen molar-refractivity contribution in [2.75, 3.05) is 12.1 Å². The maximum Gasteiger partial charge on any atom is 0.150 e. The summed E-state index contributed by atoms with van der Waals surface area (Å²) in [7, 11) is 1.73. The number of rotatable bonds is 3. The topological polar surface area (TPSA) is 55.0 Å². The number of halogens is 1.